The maximum absolute atomic E-state index is 12.8. The van der Waals surface area contributed by atoms with E-state index >= 15 is 0 Å². The number of esters is 1. The van der Waals surface area contributed by atoms with Gasteiger partial charge in [0.1, 0.15) is 33.6 Å². The van der Waals surface area contributed by atoms with Gasteiger partial charge in [-0.25, -0.2) is 4.79 Å². The molecule has 0 saturated carbocycles. The first-order chi connectivity index (χ1) is 10.9. The normalized spacial score (nSPS) is 11.1. The summed E-state index contributed by atoms with van der Waals surface area (Å²) in [6.07, 6.45) is 0. The number of hydrogen-bond acceptors (Lipinski definition) is 6. The molecule has 23 heavy (non-hydrogen) atoms. The minimum atomic E-state index is -0.858. The molecular weight excluding hydrogens is 300 g/mol. The highest BCUT2D eigenvalue weighted by molar-refractivity contribution is 6.08. The highest BCUT2D eigenvalue weighted by Crippen LogP contribution is 2.33. The molecule has 118 valence electrons. The average molecular weight is 314 g/mol. The van der Waals surface area contributed by atoms with Gasteiger partial charge in [-0.3, -0.25) is 4.79 Å². The van der Waals surface area contributed by atoms with E-state index in [-0.39, 0.29) is 39.0 Å². The predicted molar refractivity (Wildman–Crippen MR) is 84.1 cm³/mol. The highest BCUT2D eigenvalue weighted by Gasteiger charge is 2.23. The number of hydrogen-bond donors (Lipinski definition) is 2. The van der Waals surface area contributed by atoms with Crippen LogP contribution in [0.1, 0.15) is 21.5 Å². The van der Waals surface area contributed by atoms with E-state index in [9.17, 15) is 19.8 Å². The zero-order chi connectivity index (χ0) is 16.9. The van der Waals surface area contributed by atoms with Gasteiger partial charge in [-0.15, -0.1) is 0 Å². The second-order valence-electron chi connectivity index (χ2n) is 5.30. The number of methoxy groups -OCH3 is 1. The maximum Gasteiger partial charge on any atom is 0.342 e. The Morgan fingerprint density at radius 3 is 2.48 bits per heavy atom. The van der Waals surface area contributed by atoms with Crippen molar-refractivity contribution in [2.75, 3.05) is 7.11 Å². The molecule has 6 heteroatoms. The first-order valence-electron chi connectivity index (χ1n) is 6.86. The van der Waals surface area contributed by atoms with Crippen LogP contribution in [0.15, 0.2) is 27.4 Å². The number of rotatable bonds is 1. The number of carbonyl (C=O) groups is 1. The molecule has 1 aromatic heterocycles. The van der Waals surface area contributed by atoms with Crippen molar-refractivity contribution in [3.05, 3.63) is 45.1 Å². The summed E-state index contributed by atoms with van der Waals surface area (Å²) in [6.45, 7) is 3.47. The minimum Gasteiger partial charge on any atom is -0.507 e. The van der Waals surface area contributed by atoms with Crippen LogP contribution in [0.25, 0.3) is 21.9 Å². The smallest absolute Gasteiger partial charge is 0.342 e. The number of ether oxygens (including phenoxy) is 1. The average Bonchev–Trinajstić information content (AvgIpc) is 2.52. The molecule has 0 aliphatic heterocycles. The number of fused-ring (bicyclic) bond motifs is 2. The molecular formula is C17H14O6. The molecule has 0 spiro atoms. The van der Waals surface area contributed by atoms with Crippen molar-refractivity contribution >= 4 is 27.9 Å². The van der Waals surface area contributed by atoms with Gasteiger partial charge in [-0.1, -0.05) is 0 Å². The van der Waals surface area contributed by atoms with Crippen molar-refractivity contribution in [3.63, 3.8) is 0 Å². The Labute approximate surface area is 130 Å². The summed E-state index contributed by atoms with van der Waals surface area (Å²) in [5.41, 5.74) is 0.776. The molecule has 1 heterocycles. The number of benzene rings is 2. The first kappa shape index (κ1) is 14.9. The molecule has 0 radical (unpaired) electrons. The fourth-order valence-electron chi connectivity index (χ4n) is 2.60. The van der Waals surface area contributed by atoms with Crippen LogP contribution in [0.3, 0.4) is 0 Å². The number of phenolic OH excluding ortho intramolecular Hbond substituents is 2. The summed E-state index contributed by atoms with van der Waals surface area (Å²) in [5, 5.41) is 20.1. The van der Waals surface area contributed by atoms with Gasteiger partial charge in [0.15, 0.2) is 0 Å². The lowest BCUT2D eigenvalue weighted by molar-refractivity contribution is 0.0599. The van der Waals surface area contributed by atoms with Gasteiger partial charge in [0.25, 0.3) is 0 Å². The van der Waals surface area contributed by atoms with E-state index in [1.807, 2.05) is 0 Å². The lowest BCUT2D eigenvalue weighted by Gasteiger charge is -2.10. The molecule has 2 N–H and O–H groups in total. The monoisotopic (exact) mass is 314 g/mol. The number of aromatic hydroxyl groups is 2. The third kappa shape index (κ3) is 2.03. The van der Waals surface area contributed by atoms with Crippen molar-refractivity contribution in [2.24, 2.45) is 0 Å². The molecule has 0 aliphatic rings. The van der Waals surface area contributed by atoms with Gasteiger partial charge < -0.3 is 19.4 Å². The Morgan fingerprint density at radius 2 is 1.83 bits per heavy atom. The zero-order valence-electron chi connectivity index (χ0n) is 12.8. The van der Waals surface area contributed by atoms with Crippen LogP contribution in [0.5, 0.6) is 11.5 Å². The van der Waals surface area contributed by atoms with Gasteiger partial charge in [-0.05, 0) is 43.2 Å². The van der Waals surface area contributed by atoms with Crippen molar-refractivity contribution < 1.29 is 24.2 Å². The van der Waals surface area contributed by atoms with Gasteiger partial charge in [0, 0.05) is 0 Å². The summed E-state index contributed by atoms with van der Waals surface area (Å²) in [6, 6.07) is 4.30. The Bertz CT molecular complexity index is 1030. The Hall–Kier alpha value is -3.02. The van der Waals surface area contributed by atoms with Gasteiger partial charge >= 0.3 is 5.97 Å². The van der Waals surface area contributed by atoms with Crippen LogP contribution in [-0.4, -0.2) is 23.3 Å². The van der Waals surface area contributed by atoms with Crippen molar-refractivity contribution in [2.45, 2.75) is 13.8 Å². The Balaban J connectivity index is 2.62. The predicted octanol–water partition coefficient (Wildman–Crippen LogP) is 2.76. The molecule has 3 rings (SSSR count). The summed E-state index contributed by atoms with van der Waals surface area (Å²) < 4.78 is 10.3. The van der Waals surface area contributed by atoms with E-state index < -0.39 is 11.4 Å². The van der Waals surface area contributed by atoms with E-state index in [2.05, 4.69) is 4.74 Å². The van der Waals surface area contributed by atoms with Crippen molar-refractivity contribution in [1.29, 1.82) is 0 Å². The number of aryl methyl sites for hydroxylation is 1. The summed E-state index contributed by atoms with van der Waals surface area (Å²) in [5.74, 6) is -1.45. The molecule has 0 amide bonds. The molecule has 0 saturated heterocycles. The van der Waals surface area contributed by atoms with E-state index in [0.717, 1.165) is 12.7 Å². The molecule has 3 aromatic rings. The molecule has 6 nitrogen and oxygen atoms in total. The molecule has 0 fully saturated rings. The lowest BCUT2D eigenvalue weighted by Crippen LogP contribution is -2.11. The van der Waals surface area contributed by atoms with Crippen LogP contribution in [0.2, 0.25) is 0 Å². The van der Waals surface area contributed by atoms with Gasteiger partial charge in [0.05, 0.1) is 12.5 Å². The van der Waals surface area contributed by atoms with Crippen molar-refractivity contribution in [3.8, 4) is 11.5 Å². The fraction of sp³-hybridized carbons (Fsp3) is 0.176. The summed E-state index contributed by atoms with van der Waals surface area (Å²) in [4.78, 5) is 24.7. The standard InChI is InChI=1S/C17H14O6/c1-7-6-11-14(15(19)8(7)2)16(20)13-10(23-11)5-4-9(18)12(13)17(21)22-3/h4-6,18-19H,1-3H3. The largest absolute Gasteiger partial charge is 0.507 e. The van der Waals surface area contributed by atoms with Crippen LogP contribution >= 0.6 is 0 Å². The fourth-order valence-corrected chi connectivity index (χ4v) is 2.60. The number of phenols is 2. The summed E-state index contributed by atoms with van der Waals surface area (Å²) >= 11 is 0. The molecule has 2 aromatic carbocycles. The van der Waals surface area contributed by atoms with Gasteiger partial charge in [0.2, 0.25) is 5.43 Å². The third-order valence-corrected chi connectivity index (χ3v) is 3.99. The first-order valence-corrected chi connectivity index (χ1v) is 6.86. The SMILES string of the molecule is COC(=O)c1c(O)ccc2oc3cc(C)c(C)c(O)c3c(=O)c12. The van der Waals surface area contributed by atoms with Crippen LogP contribution < -0.4 is 5.43 Å². The van der Waals surface area contributed by atoms with E-state index in [1.165, 1.54) is 12.1 Å². The second-order valence-corrected chi connectivity index (χ2v) is 5.30. The van der Waals surface area contributed by atoms with Gasteiger partial charge in [-0.2, -0.15) is 0 Å². The number of carbonyl (C=O) groups excluding carboxylic acids is 1. The van der Waals surface area contributed by atoms with E-state index in [0.29, 0.717) is 5.56 Å². The van der Waals surface area contributed by atoms with Crippen molar-refractivity contribution in [1.82, 2.24) is 0 Å². The molecule has 0 aliphatic carbocycles. The third-order valence-electron chi connectivity index (χ3n) is 3.99. The molecule has 0 unspecified atom stereocenters. The Kier molecular flexibility index (Phi) is 3.25. The minimum absolute atomic E-state index is 0.0312. The molecule has 0 bridgehead atoms. The molecule has 0 atom stereocenters. The highest BCUT2D eigenvalue weighted by atomic mass is 16.5. The topological polar surface area (TPSA) is 97.0 Å². The van der Waals surface area contributed by atoms with Crippen LogP contribution in [-0.2, 0) is 4.74 Å². The Morgan fingerprint density at radius 1 is 1.13 bits per heavy atom. The quantitative estimate of drug-likeness (QED) is 0.529. The van der Waals surface area contributed by atoms with E-state index in [1.54, 1.807) is 19.9 Å². The lowest BCUT2D eigenvalue weighted by atomic mass is 10.0. The maximum atomic E-state index is 12.8. The van der Waals surface area contributed by atoms with Crippen LogP contribution in [0.4, 0.5) is 0 Å². The zero-order valence-corrected chi connectivity index (χ0v) is 12.8. The van der Waals surface area contributed by atoms with Crippen LogP contribution in [0, 0.1) is 13.8 Å². The summed E-state index contributed by atoms with van der Waals surface area (Å²) in [7, 11) is 1.15. The van der Waals surface area contributed by atoms with E-state index in [4.69, 9.17) is 4.42 Å². The second kappa shape index (κ2) is 5.01.